The molecule has 0 atom stereocenters. The van der Waals surface area contributed by atoms with E-state index in [9.17, 15) is 4.79 Å². The molecule has 108 valence electrons. The Balaban J connectivity index is 1.55. The predicted octanol–water partition coefficient (Wildman–Crippen LogP) is 4.15. The minimum absolute atomic E-state index is 0.169. The zero-order valence-corrected chi connectivity index (χ0v) is 12.0. The molecule has 0 bridgehead atoms. The predicted molar refractivity (Wildman–Crippen MR) is 80.9 cm³/mol. The van der Waals surface area contributed by atoms with Crippen LogP contribution in [-0.2, 0) is 4.79 Å². The molecule has 0 N–H and O–H groups in total. The Hall–Kier alpha value is -2.29. The topological polar surface area (TPSA) is 35.5 Å². The fourth-order valence-corrected chi connectivity index (χ4v) is 2.02. The molecule has 1 fully saturated rings. The summed E-state index contributed by atoms with van der Waals surface area (Å²) in [5.74, 6) is 2.70. The molecule has 0 unspecified atom stereocenters. The average molecular weight is 282 g/mol. The van der Waals surface area contributed by atoms with Crippen molar-refractivity contribution in [1.29, 1.82) is 0 Å². The highest BCUT2D eigenvalue weighted by Crippen LogP contribution is 2.30. The zero-order valence-electron chi connectivity index (χ0n) is 12.0. The van der Waals surface area contributed by atoms with Gasteiger partial charge < -0.3 is 9.47 Å². The van der Waals surface area contributed by atoms with Crippen LogP contribution in [0, 0.1) is 12.8 Å². The Morgan fingerprint density at radius 1 is 0.952 bits per heavy atom. The zero-order chi connectivity index (χ0) is 14.7. The van der Waals surface area contributed by atoms with Gasteiger partial charge in [-0.2, -0.15) is 0 Å². The van der Waals surface area contributed by atoms with Crippen LogP contribution in [0.2, 0.25) is 0 Å². The Kier molecular flexibility index (Phi) is 3.91. The lowest BCUT2D eigenvalue weighted by molar-refractivity contribution is -0.122. The number of ether oxygens (including phenoxy) is 2. The second-order valence-electron chi connectivity index (χ2n) is 5.42. The van der Waals surface area contributed by atoms with E-state index < -0.39 is 0 Å². The van der Waals surface area contributed by atoms with Crippen LogP contribution in [0.5, 0.6) is 17.2 Å². The molecule has 0 amide bonds. The average Bonchev–Trinajstić information content (AvgIpc) is 3.33. The lowest BCUT2D eigenvalue weighted by Gasteiger charge is -2.08. The molecule has 0 spiro atoms. The van der Waals surface area contributed by atoms with Crippen molar-refractivity contribution in [2.75, 3.05) is 6.61 Å². The van der Waals surface area contributed by atoms with Crippen molar-refractivity contribution in [3.05, 3.63) is 54.1 Å². The summed E-state index contributed by atoms with van der Waals surface area (Å²) in [6, 6.07) is 15.2. The Morgan fingerprint density at radius 3 is 2.05 bits per heavy atom. The quantitative estimate of drug-likeness (QED) is 0.798. The van der Waals surface area contributed by atoms with Gasteiger partial charge in [-0.15, -0.1) is 0 Å². The number of rotatable bonds is 6. The highest BCUT2D eigenvalue weighted by atomic mass is 16.5. The van der Waals surface area contributed by atoms with Crippen molar-refractivity contribution in [1.82, 2.24) is 0 Å². The summed E-state index contributed by atoms with van der Waals surface area (Å²) in [6.07, 6.45) is 2.04. The molecule has 3 rings (SSSR count). The molecule has 1 aliphatic carbocycles. The van der Waals surface area contributed by atoms with E-state index in [1.165, 1.54) is 5.56 Å². The fourth-order valence-electron chi connectivity index (χ4n) is 2.02. The van der Waals surface area contributed by atoms with Crippen LogP contribution in [-0.4, -0.2) is 12.4 Å². The van der Waals surface area contributed by atoms with Gasteiger partial charge in [0.1, 0.15) is 23.9 Å². The van der Waals surface area contributed by atoms with Crippen LogP contribution in [0.1, 0.15) is 18.4 Å². The van der Waals surface area contributed by atoms with Gasteiger partial charge in [-0.25, -0.2) is 0 Å². The molecule has 0 aromatic heterocycles. The van der Waals surface area contributed by atoms with E-state index in [-0.39, 0.29) is 18.3 Å². The minimum Gasteiger partial charge on any atom is -0.486 e. The molecule has 2 aromatic carbocycles. The summed E-state index contributed by atoms with van der Waals surface area (Å²) in [5.41, 5.74) is 1.20. The van der Waals surface area contributed by atoms with E-state index in [0.29, 0.717) is 5.75 Å². The molecule has 0 aliphatic heterocycles. The maximum atomic E-state index is 11.6. The molecule has 3 heteroatoms. The van der Waals surface area contributed by atoms with Crippen molar-refractivity contribution in [3.8, 4) is 17.2 Å². The molecule has 21 heavy (non-hydrogen) atoms. The van der Waals surface area contributed by atoms with Crippen molar-refractivity contribution in [2.24, 2.45) is 5.92 Å². The third kappa shape index (κ3) is 3.85. The highest BCUT2D eigenvalue weighted by Gasteiger charge is 2.29. The molecule has 0 saturated heterocycles. The lowest BCUT2D eigenvalue weighted by atomic mass is 10.2. The van der Waals surface area contributed by atoms with E-state index in [1.54, 1.807) is 0 Å². The molecule has 0 radical (unpaired) electrons. The number of aryl methyl sites for hydroxylation is 1. The van der Waals surface area contributed by atoms with Gasteiger partial charge in [0.2, 0.25) is 0 Å². The molecule has 0 heterocycles. The summed E-state index contributed by atoms with van der Waals surface area (Å²) in [6.45, 7) is 2.21. The maximum Gasteiger partial charge on any atom is 0.173 e. The Labute approximate surface area is 124 Å². The SMILES string of the molecule is Cc1ccc(Oc2ccc(OCC(=O)C3CC3)cc2)cc1. The van der Waals surface area contributed by atoms with Gasteiger partial charge in [-0.3, -0.25) is 4.79 Å². The van der Waals surface area contributed by atoms with E-state index in [0.717, 1.165) is 24.3 Å². The van der Waals surface area contributed by atoms with Crippen molar-refractivity contribution in [3.63, 3.8) is 0 Å². The van der Waals surface area contributed by atoms with Gasteiger partial charge in [0.25, 0.3) is 0 Å². The number of Topliss-reactive ketones (excluding diaryl/α,β-unsaturated/α-hetero) is 1. The van der Waals surface area contributed by atoms with Crippen molar-refractivity contribution >= 4 is 5.78 Å². The monoisotopic (exact) mass is 282 g/mol. The van der Waals surface area contributed by atoms with Gasteiger partial charge in [-0.1, -0.05) is 17.7 Å². The van der Waals surface area contributed by atoms with Gasteiger partial charge in [0.05, 0.1) is 0 Å². The van der Waals surface area contributed by atoms with Gasteiger partial charge in [-0.05, 0) is 56.2 Å². The van der Waals surface area contributed by atoms with Gasteiger partial charge in [0.15, 0.2) is 5.78 Å². The molecule has 3 nitrogen and oxygen atoms in total. The standard InChI is InChI=1S/C18H18O3/c1-13-2-6-16(7-3-13)21-17-10-8-15(9-11-17)20-12-18(19)14-4-5-14/h2-3,6-11,14H,4-5,12H2,1H3. The van der Waals surface area contributed by atoms with E-state index in [4.69, 9.17) is 9.47 Å². The number of carbonyl (C=O) groups is 1. The first-order chi connectivity index (χ1) is 10.2. The van der Waals surface area contributed by atoms with E-state index in [2.05, 4.69) is 0 Å². The van der Waals surface area contributed by atoms with Crippen LogP contribution < -0.4 is 9.47 Å². The van der Waals surface area contributed by atoms with Crippen LogP contribution in [0.4, 0.5) is 0 Å². The minimum atomic E-state index is 0.169. The molecule has 2 aromatic rings. The largest absolute Gasteiger partial charge is 0.486 e. The van der Waals surface area contributed by atoms with E-state index >= 15 is 0 Å². The second kappa shape index (κ2) is 6.00. The number of hydrogen-bond donors (Lipinski definition) is 0. The maximum absolute atomic E-state index is 11.6. The Bertz CT molecular complexity index is 610. The third-order valence-electron chi connectivity index (χ3n) is 3.49. The van der Waals surface area contributed by atoms with Crippen LogP contribution >= 0.6 is 0 Å². The van der Waals surface area contributed by atoms with Crippen LogP contribution in [0.25, 0.3) is 0 Å². The summed E-state index contributed by atoms with van der Waals surface area (Å²) < 4.78 is 11.2. The molecule has 1 aliphatic rings. The van der Waals surface area contributed by atoms with Crippen molar-refractivity contribution in [2.45, 2.75) is 19.8 Å². The molecule has 1 saturated carbocycles. The number of benzene rings is 2. The van der Waals surface area contributed by atoms with Gasteiger partial charge >= 0.3 is 0 Å². The molecular weight excluding hydrogens is 264 g/mol. The number of carbonyl (C=O) groups excluding carboxylic acids is 1. The normalized spacial score (nSPS) is 13.8. The number of ketones is 1. The summed E-state index contributed by atoms with van der Waals surface area (Å²) in [4.78, 5) is 11.6. The highest BCUT2D eigenvalue weighted by molar-refractivity contribution is 5.84. The molecular formula is C18H18O3. The summed E-state index contributed by atoms with van der Waals surface area (Å²) >= 11 is 0. The first kappa shape index (κ1) is 13.7. The smallest absolute Gasteiger partial charge is 0.173 e. The Morgan fingerprint density at radius 2 is 1.48 bits per heavy atom. The van der Waals surface area contributed by atoms with Crippen LogP contribution in [0.3, 0.4) is 0 Å². The third-order valence-corrected chi connectivity index (χ3v) is 3.49. The summed E-state index contributed by atoms with van der Waals surface area (Å²) in [7, 11) is 0. The lowest BCUT2D eigenvalue weighted by Crippen LogP contribution is -2.12. The second-order valence-corrected chi connectivity index (χ2v) is 5.42. The number of hydrogen-bond acceptors (Lipinski definition) is 3. The van der Waals surface area contributed by atoms with E-state index in [1.807, 2.05) is 55.5 Å². The van der Waals surface area contributed by atoms with Gasteiger partial charge in [0, 0.05) is 5.92 Å². The van der Waals surface area contributed by atoms with Crippen LogP contribution in [0.15, 0.2) is 48.5 Å². The first-order valence-corrected chi connectivity index (χ1v) is 7.21. The summed E-state index contributed by atoms with van der Waals surface area (Å²) in [5, 5.41) is 0. The fraction of sp³-hybridized carbons (Fsp3) is 0.278. The first-order valence-electron chi connectivity index (χ1n) is 7.21. The van der Waals surface area contributed by atoms with Crippen molar-refractivity contribution < 1.29 is 14.3 Å².